The molecule has 3 heteroatoms. The van der Waals surface area contributed by atoms with Gasteiger partial charge in [-0.1, -0.05) is 25.5 Å². The van der Waals surface area contributed by atoms with E-state index in [0.29, 0.717) is 6.61 Å². The molecule has 1 aromatic carbocycles. The fraction of sp³-hybridized carbons (Fsp3) is 0.611. The molecule has 0 saturated carbocycles. The first-order valence-electron chi connectivity index (χ1n) is 7.95. The van der Waals surface area contributed by atoms with Crippen LogP contribution in [-0.4, -0.2) is 19.2 Å². The molecule has 116 valence electrons. The summed E-state index contributed by atoms with van der Waals surface area (Å²) < 4.78 is 5.74. The largest absolute Gasteiger partial charge is 0.494 e. The summed E-state index contributed by atoms with van der Waals surface area (Å²) in [5.74, 6) is 0.937. The average Bonchev–Trinajstić information content (AvgIpc) is 2.53. The van der Waals surface area contributed by atoms with E-state index >= 15 is 0 Å². The van der Waals surface area contributed by atoms with Crippen LogP contribution < -0.4 is 10.1 Å². The van der Waals surface area contributed by atoms with E-state index in [0.717, 1.165) is 31.4 Å². The van der Waals surface area contributed by atoms with Gasteiger partial charge in [0.25, 0.3) is 0 Å². The number of benzene rings is 1. The summed E-state index contributed by atoms with van der Waals surface area (Å²) in [5.41, 5.74) is 0.962. The quantitative estimate of drug-likeness (QED) is 0.660. The molecular weight excluding hydrogens is 260 g/mol. The lowest BCUT2D eigenvalue weighted by Crippen LogP contribution is -2.37. The van der Waals surface area contributed by atoms with Crippen LogP contribution in [0.4, 0.5) is 0 Å². The second-order valence-electron chi connectivity index (χ2n) is 5.75. The first-order valence-corrected chi connectivity index (χ1v) is 7.95. The molecule has 0 heterocycles. The van der Waals surface area contributed by atoms with E-state index in [-0.39, 0.29) is 0 Å². The molecule has 0 saturated heterocycles. The van der Waals surface area contributed by atoms with Crippen LogP contribution in [0, 0.1) is 11.3 Å². The topological polar surface area (TPSA) is 45.0 Å². The first kappa shape index (κ1) is 17.5. The average molecular weight is 288 g/mol. The van der Waals surface area contributed by atoms with Crippen molar-refractivity contribution < 1.29 is 4.74 Å². The van der Waals surface area contributed by atoms with Crippen LogP contribution in [0.1, 0.15) is 51.5 Å². The molecule has 0 aliphatic carbocycles. The van der Waals surface area contributed by atoms with E-state index in [1.807, 2.05) is 14.0 Å². The van der Waals surface area contributed by atoms with E-state index in [1.54, 1.807) is 0 Å². The summed E-state index contributed by atoms with van der Waals surface area (Å²) in [5, 5.41) is 12.1. The molecule has 0 aliphatic rings. The van der Waals surface area contributed by atoms with Crippen molar-refractivity contribution in [3.63, 3.8) is 0 Å². The number of aryl methyl sites for hydroxylation is 1. The Morgan fingerprint density at radius 2 is 1.90 bits per heavy atom. The second-order valence-corrected chi connectivity index (χ2v) is 5.75. The van der Waals surface area contributed by atoms with Gasteiger partial charge in [-0.2, -0.15) is 5.26 Å². The molecule has 0 radical (unpaired) electrons. The van der Waals surface area contributed by atoms with E-state index in [2.05, 4.69) is 42.6 Å². The van der Waals surface area contributed by atoms with E-state index < -0.39 is 5.54 Å². The smallest absolute Gasteiger partial charge is 0.119 e. The number of nitrogens with zero attached hydrogens (tertiary/aromatic N) is 1. The highest BCUT2D eigenvalue weighted by atomic mass is 16.5. The Kier molecular flexibility index (Phi) is 7.85. The molecule has 21 heavy (non-hydrogen) atoms. The summed E-state index contributed by atoms with van der Waals surface area (Å²) in [6, 6.07) is 10.7. The molecule has 0 aliphatic heterocycles. The maximum Gasteiger partial charge on any atom is 0.119 e. The SMILES string of the molecule is CCCCc1ccc(OCCCCC(C)(C#N)NC)cc1. The van der Waals surface area contributed by atoms with Crippen LogP contribution in [0.5, 0.6) is 5.75 Å². The number of unbranched alkanes of at least 4 members (excludes halogenated alkanes) is 2. The molecule has 1 unspecified atom stereocenters. The van der Waals surface area contributed by atoms with Gasteiger partial charge in [0.1, 0.15) is 11.3 Å². The highest BCUT2D eigenvalue weighted by Gasteiger charge is 2.19. The minimum absolute atomic E-state index is 0.416. The molecular formula is C18H28N2O. The number of nitriles is 1. The monoisotopic (exact) mass is 288 g/mol. The van der Waals surface area contributed by atoms with Gasteiger partial charge in [-0.05, 0) is 63.8 Å². The Morgan fingerprint density at radius 3 is 2.48 bits per heavy atom. The molecule has 0 spiro atoms. The number of hydrogen-bond donors (Lipinski definition) is 1. The molecule has 3 nitrogen and oxygen atoms in total. The molecule has 1 atom stereocenters. The van der Waals surface area contributed by atoms with E-state index in [1.165, 1.54) is 18.4 Å². The zero-order chi connectivity index (χ0) is 15.6. The number of nitrogens with one attached hydrogen (secondary N) is 1. The van der Waals surface area contributed by atoms with Crippen molar-refractivity contribution in [2.75, 3.05) is 13.7 Å². The second kappa shape index (κ2) is 9.41. The summed E-state index contributed by atoms with van der Waals surface area (Å²) in [6.45, 7) is 4.85. The van der Waals surface area contributed by atoms with Crippen molar-refractivity contribution in [3.05, 3.63) is 29.8 Å². The zero-order valence-electron chi connectivity index (χ0n) is 13.6. The van der Waals surface area contributed by atoms with Crippen LogP contribution in [0.15, 0.2) is 24.3 Å². The molecule has 0 aromatic heterocycles. The maximum atomic E-state index is 9.06. The number of rotatable bonds is 10. The van der Waals surface area contributed by atoms with E-state index in [9.17, 15) is 0 Å². The summed E-state index contributed by atoms with van der Waals surface area (Å²) in [7, 11) is 1.83. The Balaban J connectivity index is 2.22. The van der Waals surface area contributed by atoms with Crippen LogP contribution in [0.3, 0.4) is 0 Å². The fourth-order valence-corrected chi connectivity index (χ4v) is 2.14. The molecule has 0 amide bonds. The van der Waals surface area contributed by atoms with Crippen LogP contribution in [-0.2, 0) is 6.42 Å². The normalized spacial score (nSPS) is 13.4. The third-order valence-electron chi connectivity index (χ3n) is 3.88. The van der Waals surface area contributed by atoms with Gasteiger partial charge in [0.15, 0.2) is 0 Å². The van der Waals surface area contributed by atoms with Gasteiger partial charge in [0.05, 0.1) is 12.7 Å². The molecule has 1 rings (SSSR count). The molecule has 1 aromatic rings. The van der Waals surface area contributed by atoms with Gasteiger partial charge in [0, 0.05) is 0 Å². The van der Waals surface area contributed by atoms with Crippen molar-refractivity contribution in [2.45, 2.75) is 57.9 Å². The van der Waals surface area contributed by atoms with E-state index in [4.69, 9.17) is 10.00 Å². The lowest BCUT2D eigenvalue weighted by Gasteiger charge is -2.20. The van der Waals surface area contributed by atoms with Crippen molar-refractivity contribution in [2.24, 2.45) is 0 Å². The molecule has 0 fully saturated rings. The zero-order valence-corrected chi connectivity index (χ0v) is 13.6. The third-order valence-corrected chi connectivity index (χ3v) is 3.88. The van der Waals surface area contributed by atoms with Gasteiger partial charge in [0.2, 0.25) is 0 Å². The Bertz CT molecular complexity index is 436. The fourth-order valence-electron chi connectivity index (χ4n) is 2.14. The van der Waals surface area contributed by atoms with Gasteiger partial charge in [-0.15, -0.1) is 0 Å². The highest BCUT2D eigenvalue weighted by molar-refractivity contribution is 5.27. The minimum Gasteiger partial charge on any atom is -0.494 e. The van der Waals surface area contributed by atoms with Gasteiger partial charge < -0.3 is 10.1 Å². The third kappa shape index (κ3) is 6.64. The predicted molar refractivity (Wildman–Crippen MR) is 87.5 cm³/mol. The highest BCUT2D eigenvalue weighted by Crippen LogP contribution is 2.16. The van der Waals surface area contributed by atoms with Crippen molar-refractivity contribution >= 4 is 0 Å². The van der Waals surface area contributed by atoms with Crippen molar-refractivity contribution in [1.29, 1.82) is 5.26 Å². The summed E-state index contributed by atoms with van der Waals surface area (Å²) in [6.07, 6.45) is 6.42. The predicted octanol–water partition coefficient (Wildman–Crippen LogP) is 4.08. The van der Waals surface area contributed by atoms with Gasteiger partial charge in [-0.25, -0.2) is 0 Å². The lowest BCUT2D eigenvalue weighted by molar-refractivity contribution is 0.297. The number of ether oxygens (including phenoxy) is 1. The van der Waals surface area contributed by atoms with Crippen molar-refractivity contribution in [1.82, 2.24) is 5.32 Å². The summed E-state index contributed by atoms with van der Waals surface area (Å²) >= 11 is 0. The van der Waals surface area contributed by atoms with Crippen molar-refractivity contribution in [3.8, 4) is 11.8 Å². The Morgan fingerprint density at radius 1 is 1.19 bits per heavy atom. The standard InChI is InChI=1S/C18H28N2O/c1-4-5-8-16-9-11-17(12-10-16)21-14-7-6-13-18(2,15-19)20-3/h9-12,20H,4-8,13-14H2,1-3H3. The minimum atomic E-state index is -0.416. The molecule has 0 bridgehead atoms. The Labute approximate surface area is 129 Å². The lowest BCUT2D eigenvalue weighted by atomic mass is 9.97. The maximum absolute atomic E-state index is 9.06. The van der Waals surface area contributed by atoms with Crippen LogP contribution >= 0.6 is 0 Å². The molecule has 1 N–H and O–H groups in total. The summed E-state index contributed by atoms with van der Waals surface area (Å²) in [4.78, 5) is 0. The first-order chi connectivity index (χ1) is 10.1. The van der Waals surface area contributed by atoms with Crippen LogP contribution in [0.25, 0.3) is 0 Å². The Hall–Kier alpha value is -1.53. The van der Waals surface area contributed by atoms with Gasteiger partial charge in [-0.3, -0.25) is 0 Å². The number of hydrogen-bond acceptors (Lipinski definition) is 3. The van der Waals surface area contributed by atoms with Gasteiger partial charge >= 0.3 is 0 Å². The van der Waals surface area contributed by atoms with Crippen LogP contribution in [0.2, 0.25) is 0 Å².